The summed E-state index contributed by atoms with van der Waals surface area (Å²) in [6, 6.07) is 0. The third kappa shape index (κ3) is 65.9. The summed E-state index contributed by atoms with van der Waals surface area (Å²) in [5.74, 6) is -0.875. The Morgan fingerprint density at radius 3 is 0.762 bits per heavy atom. The highest BCUT2D eigenvalue weighted by molar-refractivity contribution is 5.71. The first kappa shape index (κ1) is 77.1. The number of ether oxygens (including phenoxy) is 3. The monoisotopic (exact) mass is 1120 g/mol. The SMILES string of the molecule is CC/C=C\C/C=C\C/C=C\C/C=C\C/C=C\CCCCCCCC(=O)OC(COC(=O)CCCCCCCCCCCCC)COC(=O)CCCCCCCCCCCCCCCCCCCCCCCCCCCCCCCC. The van der Waals surface area contributed by atoms with Gasteiger partial charge in [0.25, 0.3) is 0 Å². The van der Waals surface area contributed by atoms with Crippen LogP contribution in [0.5, 0.6) is 0 Å². The standard InChI is InChI=1S/C74H134O6/c1-4-7-10-13-16-19-22-24-26-28-30-32-33-34-35-36-37-38-39-40-42-43-45-47-49-52-55-58-61-64-67-73(76)79-70-71(69-78-72(75)66-63-60-57-54-51-21-18-15-12-9-6-3)80-74(77)68-65-62-59-56-53-50-48-46-44-41-31-29-27-25-23-20-17-14-11-8-5-2/h8,11,17,20,25,27,31,41,46,48,71H,4-7,9-10,12-16,18-19,21-24,26,28-30,32-40,42-45,47,49-70H2,1-3H3/b11-8-,20-17-,27-25-,41-31-,48-46-. The van der Waals surface area contributed by atoms with Crippen LogP contribution in [-0.2, 0) is 28.6 Å². The number of allylic oxidation sites excluding steroid dienone is 10. The molecule has 466 valence electrons. The molecule has 0 aromatic carbocycles. The lowest BCUT2D eigenvalue weighted by atomic mass is 10.0. The van der Waals surface area contributed by atoms with Crippen LogP contribution in [-0.4, -0.2) is 37.2 Å². The lowest BCUT2D eigenvalue weighted by Gasteiger charge is -2.18. The number of carbonyl (C=O) groups excluding carboxylic acids is 3. The lowest BCUT2D eigenvalue weighted by Crippen LogP contribution is -2.30. The van der Waals surface area contributed by atoms with Gasteiger partial charge in [-0.2, -0.15) is 0 Å². The van der Waals surface area contributed by atoms with E-state index in [9.17, 15) is 14.4 Å². The molecule has 0 bridgehead atoms. The van der Waals surface area contributed by atoms with Crippen molar-refractivity contribution in [1.29, 1.82) is 0 Å². The molecule has 6 nitrogen and oxygen atoms in total. The average Bonchev–Trinajstić information content (AvgIpc) is 3.46. The molecule has 0 aliphatic carbocycles. The second-order valence-corrected chi connectivity index (χ2v) is 23.8. The molecule has 0 N–H and O–H groups in total. The third-order valence-electron chi connectivity index (χ3n) is 15.8. The Bertz CT molecular complexity index is 1430. The van der Waals surface area contributed by atoms with Crippen LogP contribution >= 0.6 is 0 Å². The fourth-order valence-corrected chi connectivity index (χ4v) is 10.5. The van der Waals surface area contributed by atoms with Gasteiger partial charge in [0.2, 0.25) is 0 Å². The molecule has 1 unspecified atom stereocenters. The topological polar surface area (TPSA) is 78.9 Å². The summed E-state index contributed by atoms with van der Waals surface area (Å²) >= 11 is 0. The van der Waals surface area contributed by atoms with E-state index in [1.165, 1.54) is 225 Å². The van der Waals surface area contributed by atoms with Gasteiger partial charge >= 0.3 is 17.9 Å². The molecule has 0 fully saturated rings. The van der Waals surface area contributed by atoms with Crippen molar-refractivity contribution in [2.75, 3.05) is 13.2 Å². The van der Waals surface area contributed by atoms with Crippen molar-refractivity contribution in [3.8, 4) is 0 Å². The van der Waals surface area contributed by atoms with Crippen LogP contribution in [0.1, 0.15) is 374 Å². The minimum Gasteiger partial charge on any atom is -0.462 e. The summed E-state index contributed by atoms with van der Waals surface area (Å²) in [7, 11) is 0. The van der Waals surface area contributed by atoms with Gasteiger partial charge in [0.15, 0.2) is 6.10 Å². The van der Waals surface area contributed by atoms with Crippen LogP contribution in [0, 0.1) is 0 Å². The molecule has 0 aliphatic rings. The number of rotatable bonds is 65. The molecule has 0 rings (SSSR count). The maximum atomic E-state index is 12.9. The highest BCUT2D eigenvalue weighted by Crippen LogP contribution is 2.18. The zero-order valence-corrected chi connectivity index (χ0v) is 53.6. The Balaban J connectivity index is 4.17. The molecular formula is C74H134O6. The van der Waals surface area contributed by atoms with Crippen molar-refractivity contribution in [3.63, 3.8) is 0 Å². The van der Waals surface area contributed by atoms with Crippen molar-refractivity contribution >= 4 is 17.9 Å². The first-order chi connectivity index (χ1) is 39.5. The molecule has 0 aromatic rings. The van der Waals surface area contributed by atoms with Crippen LogP contribution in [0.4, 0.5) is 0 Å². The number of esters is 3. The van der Waals surface area contributed by atoms with E-state index in [0.29, 0.717) is 19.3 Å². The van der Waals surface area contributed by atoms with Gasteiger partial charge in [-0.15, -0.1) is 0 Å². The van der Waals surface area contributed by atoms with Gasteiger partial charge in [-0.1, -0.05) is 351 Å². The Morgan fingerprint density at radius 1 is 0.263 bits per heavy atom. The summed E-state index contributed by atoms with van der Waals surface area (Å²) in [5.41, 5.74) is 0. The summed E-state index contributed by atoms with van der Waals surface area (Å²) in [5, 5.41) is 0. The first-order valence-corrected chi connectivity index (χ1v) is 35.3. The molecule has 0 heterocycles. The van der Waals surface area contributed by atoms with E-state index < -0.39 is 6.10 Å². The van der Waals surface area contributed by atoms with E-state index in [0.717, 1.165) is 109 Å². The molecule has 1 atom stereocenters. The van der Waals surface area contributed by atoms with Crippen molar-refractivity contribution in [1.82, 2.24) is 0 Å². The Labute approximate surface area is 498 Å². The second kappa shape index (κ2) is 68.6. The molecule has 0 aliphatic heterocycles. The van der Waals surface area contributed by atoms with Crippen LogP contribution < -0.4 is 0 Å². The van der Waals surface area contributed by atoms with Crippen molar-refractivity contribution in [2.24, 2.45) is 0 Å². The van der Waals surface area contributed by atoms with Gasteiger partial charge < -0.3 is 14.2 Å². The van der Waals surface area contributed by atoms with E-state index in [1.54, 1.807) is 0 Å². The quantitative estimate of drug-likeness (QED) is 0.0261. The summed E-state index contributed by atoms with van der Waals surface area (Å²) in [6.07, 6.45) is 88.4. The third-order valence-corrected chi connectivity index (χ3v) is 15.8. The molecule has 0 aromatic heterocycles. The lowest BCUT2D eigenvalue weighted by molar-refractivity contribution is -0.167. The molecule has 0 saturated carbocycles. The van der Waals surface area contributed by atoms with E-state index in [2.05, 4.69) is 81.5 Å². The summed E-state index contributed by atoms with van der Waals surface area (Å²) in [6.45, 7) is 6.56. The smallest absolute Gasteiger partial charge is 0.306 e. The Hall–Kier alpha value is -2.89. The number of unbranched alkanes of at least 4 members (excludes halogenated alkanes) is 44. The van der Waals surface area contributed by atoms with Gasteiger partial charge in [0, 0.05) is 19.3 Å². The molecule has 0 saturated heterocycles. The molecule has 0 amide bonds. The fraction of sp³-hybridized carbons (Fsp3) is 0.824. The van der Waals surface area contributed by atoms with E-state index in [4.69, 9.17) is 14.2 Å². The largest absolute Gasteiger partial charge is 0.462 e. The first-order valence-electron chi connectivity index (χ1n) is 35.3. The minimum atomic E-state index is -0.783. The molecule has 0 spiro atoms. The van der Waals surface area contributed by atoms with Gasteiger partial charge in [-0.05, 0) is 64.2 Å². The van der Waals surface area contributed by atoms with Crippen LogP contribution in [0.3, 0.4) is 0 Å². The van der Waals surface area contributed by atoms with Crippen molar-refractivity contribution in [3.05, 3.63) is 60.8 Å². The molecule has 0 radical (unpaired) electrons. The second-order valence-electron chi connectivity index (χ2n) is 23.8. The maximum Gasteiger partial charge on any atom is 0.306 e. The van der Waals surface area contributed by atoms with Crippen LogP contribution in [0.15, 0.2) is 60.8 Å². The van der Waals surface area contributed by atoms with Gasteiger partial charge in [0.05, 0.1) is 0 Å². The average molecular weight is 1120 g/mol. The maximum absolute atomic E-state index is 12.9. The van der Waals surface area contributed by atoms with E-state index in [1.807, 2.05) is 0 Å². The highest BCUT2D eigenvalue weighted by atomic mass is 16.6. The van der Waals surface area contributed by atoms with Crippen molar-refractivity contribution < 1.29 is 28.6 Å². The zero-order chi connectivity index (χ0) is 57.8. The van der Waals surface area contributed by atoms with Crippen molar-refractivity contribution in [2.45, 2.75) is 380 Å². The Morgan fingerprint density at radius 2 is 0.487 bits per heavy atom. The predicted octanol–water partition coefficient (Wildman–Crippen LogP) is 24.3. The number of hydrogen-bond acceptors (Lipinski definition) is 6. The Kier molecular flexibility index (Phi) is 66.1. The van der Waals surface area contributed by atoms with Crippen LogP contribution in [0.25, 0.3) is 0 Å². The zero-order valence-electron chi connectivity index (χ0n) is 53.6. The normalized spacial score (nSPS) is 12.4. The number of hydrogen-bond donors (Lipinski definition) is 0. The van der Waals surface area contributed by atoms with Gasteiger partial charge in [-0.3, -0.25) is 14.4 Å². The predicted molar refractivity (Wildman–Crippen MR) is 348 cm³/mol. The fourth-order valence-electron chi connectivity index (χ4n) is 10.5. The van der Waals surface area contributed by atoms with E-state index >= 15 is 0 Å². The molecule has 6 heteroatoms. The van der Waals surface area contributed by atoms with E-state index in [-0.39, 0.29) is 31.1 Å². The number of carbonyl (C=O) groups is 3. The molecule has 80 heavy (non-hydrogen) atoms. The summed E-state index contributed by atoms with van der Waals surface area (Å²) in [4.78, 5) is 38.3. The molecular weight excluding hydrogens is 985 g/mol. The van der Waals surface area contributed by atoms with Crippen LogP contribution in [0.2, 0.25) is 0 Å². The summed E-state index contributed by atoms with van der Waals surface area (Å²) < 4.78 is 16.9. The highest BCUT2D eigenvalue weighted by Gasteiger charge is 2.19. The van der Waals surface area contributed by atoms with Gasteiger partial charge in [-0.25, -0.2) is 0 Å². The minimum absolute atomic E-state index is 0.0777. The van der Waals surface area contributed by atoms with Gasteiger partial charge in [0.1, 0.15) is 13.2 Å².